The van der Waals surface area contributed by atoms with E-state index in [0.717, 1.165) is 17.0 Å². The van der Waals surface area contributed by atoms with Crippen molar-refractivity contribution in [2.24, 2.45) is 5.92 Å². The number of ether oxygens (including phenoxy) is 1. The van der Waals surface area contributed by atoms with E-state index in [1.165, 1.54) is 5.56 Å². The molecule has 2 heteroatoms. The smallest absolute Gasteiger partial charge is 0.130 e. The molecule has 1 aromatic carbocycles. The van der Waals surface area contributed by atoms with Crippen LogP contribution in [0.5, 0.6) is 5.75 Å². The van der Waals surface area contributed by atoms with Crippen LogP contribution in [0.15, 0.2) is 42.2 Å². The molecule has 2 aliphatic rings. The Morgan fingerprint density at radius 3 is 3.07 bits per heavy atom. The number of allylic oxidation sites excluding steroid dienone is 4. The van der Waals surface area contributed by atoms with Gasteiger partial charge in [-0.3, -0.25) is 0 Å². The molecule has 1 aliphatic carbocycles. The highest BCUT2D eigenvalue weighted by molar-refractivity contribution is 6.32. The van der Waals surface area contributed by atoms with Gasteiger partial charge in [-0.15, -0.1) is 0 Å². The summed E-state index contributed by atoms with van der Waals surface area (Å²) in [6, 6.07) is 5.86. The molecule has 2 atom stereocenters. The molecule has 1 heterocycles. The van der Waals surface area contributed by atoms with Gasteiger partial charge >= 0.3 is 0 Å². The summed E-state index contributed by atoms with van der Waals surface area (Å²) in [6.07, 6.45) is 6.31. The maximum Gasteiger partial charge on any atom is 0.130 e. The zero-order chi connectivity index (χ0) is 10.4. The first kappa shape index (κ1) is 8.84. The zero-order valence-corrected chi connectivity index (χ0v) is 8.60. The van der Waals surface area contributed by atoms with Crippen molar-refractivity contribution in [1.82, 2.24) is 0 Å². The van der Waals surface area contributed by atoms with Gasteiger partial charge in [-0.05, 0) is 18.1 Å². The first-order valence-electron chi connectivity index (χ1n) is 5.21. The molecule has 0 aromatic heterocycles. The lowest BCUT2D eigenvalue weighted by molar-refractivity contribution is 0.404. The number of fused-ring (bicyclic) bond motifs is 3. The largest absolute Gasteiger partial charge is 0.461 e. The molecular formula is C13H11BO. The van der Waals surface area contributed by atoms with Gasteiger partial charge < -0.3 is 4.74 Å². The minimum Gasteiger partial charge on any atom is -0.461 e. The molecule has 3 rings (SSSR count). The molecule has 0 amide bonds. The average molecular weight is 194 g/mol. The third-order valence-electron chi connectivity index (χ3n) is 3.10. The van der Waals surface area contributed by atoms with Crippen molar-refractivity contribution in [2.75, 3.05) is 0 Å². The predicted molar refractivity (Wildman–Crippen MR) is 61.6 cm³/mol. The van der Waals surface area contributed by atoms with Crippen molar-refractivity contribution < 1.29 is 4.74 Å². The Bertz CT molecular complexity index is 473. The second-order valence-corrected chi connectivity index (χ2v) is 4.19. The van der Waals surface area contributed by atoms with E-state index >= 15 is 0 Å². The standard InChI is InChI=1S/C13H11BO/c1-8-3-2-4-12-13(8)10-7-9(14)5-6-11(10)15-12/h2-8,13H,1H3. The number of hydrogen-bond acceptors (Lipinski definition) is 1. The fourth-order valence-electron chi connectivity index (χ4n) is 2.36. The van der Waals surface area contributed by atoms with Gasteiger partial charge in [-0.2, -0.15) is 0 Å². The SMILES string of the molecule is [B]c1ccc2c(c1)C1C(=CC=CC1C)O2. The minimum atomic E-state index is 0.355. The van der Waals surface area contributed by atoms with E-state index in [1.54, 1.807) is 0 Å². The molecule has 0 saturated heterocycles. The third-order valence-corrected chi connectivity index (χ3v) is 3.10. The molecular weight excluding hydrogens is 183 g/mol. The molecule has 0 bridgehead atoms. The maximum absolute atomic E-state index is 5.81. The predicted octanol–water partition coefficient (Wildman–Crippen LogP) is 2.05. The van der Waals surface area contributed by atoms with Crippen LogP contribution >= 0.6 is 0 Å². The van der Waals surface area contributed by atoms with E-state index in [2.05, 4.69) is 19.1 Å². The highest BCUT2D eigenvalue weighted by Crippen LogP contribution is 2.46. The summed E-state index contributed by atoms with van der Waals surface area (Å²) in [5.74, 6) is 2.84. The van der Waals surface area contributed by atoms with Gasteiger partial charge in [0, 0.05) is 5.56 Å². The van der Waals surface area contributed by atoms with Crippen LogP contribution in [0.2, 0.25) is 0 Å². The van der Waals surface area contributed by atoms with E-state index < -0.39 is 0 Å². The van der Waals surface area contributed by atoms with Gasteiger partial charge in [-0.25, -0.2) is 0 Å². The highest BCUT2D eigenvalue weighted by atomic mass is 16.5. The topological polar surface area (TPSA) is 9.23 Å². The van der Waals surface area contributed by atoms with Gasteiger partial charge in [-0.1, -0.05) is 36.7 Å². The Kier molecular flexibility index (Phi) is 1.78. The van der Waals surface area contributed by atoms with Crippen molar-refractivity contribution in [2.45, 2.75) is 12.8 Å². The Labute approximate surface area is 90.9 Å². The lowest BCUT2D eigenvalue weighted by atomic mass is 9.82. The Morgan fingerprint density at radius 1 is 1.33 bits per heavy atom. The van der Waals surface area contributed by atoms with Crippen LogP contribution in [0.1, 0.15) is 18.4 Å². The average Bonchev–Trinajstić information content (AvgIpc) is 2.57. The van der Waals surface area contributed by atoms with Gasteiger partial charge in [0.05, 0.1) is 5.92 Å². The number of hydrogen-bond donors (Lipinski definition) is 0. The van der Waals surface area contributed by atoms with E-state index in [1.807, 2.05) is 24.3 Å². The van der Waals surface area contributed by atoms with Gasteiger partial charge in [0.25, 0.3) is 0 Å². The van der Waals surface area contributed by atoms with E-state index in [9.17, 15) is 0 Å². The van der Waals surface area contributed by atoms with Gasteiger partial charge in [0.2, 0.25) is 0 Å². The molecule has 15 heavy (non-hydrogen) atoms. The fraction of sp³-hybridized carbons (Fsp3) is 0.231. The van der Waals surface area contributed by atoms with Crippen LogP contribution in [-0.4, -0.2) is 7.85 Å². The molecule has 1 aromatic rings. The lowest BCUT2D eigenvalue weighted by Gasteiger charge is -2.19. The summed E-state index contributed by atoms with van der Waals surface area (Å²) in [6.45, 7) is 2.20. The van der Waals surface area contributed by atoms with E-state index in [0.29, 0.717) is 11.8 Å². The molecule has 1 nitrogen and oxygen atoms in total. The number of rotatable bonds is 0. The lowest BCUT2D eigenvalue weighted by Crippen LogP contribution is -2.11. The molecule has 0 N–H and O–H groups in total. The second kappa shape index (κ2) is 3.03. The van der Waals surface area contributed by atoms with Crippen LogP contribution in [0, 0.1) is 5.92 Å². The summed E-state index contributed by atoms with van der Waals surface area (Å²) in [5, 5.41) is 0. The van der Waals surface area contributed by atoms with E-state index in [4.69, 9.17) is 12.6 Å². The summed E-state index contributed by atoms with van der Waals surface area (Å²) in [7, 11) is 5.81. The van der Waals surface area contributed by atoms with Crippen LogP contribution in [0.3, 0.4) is 0 Å². The van der Waals surface area contributed by atoms with Crippen molar-refractivity contribution in [3.63, 3.8) is 0 Å². The maximum atomic E-state index is 5.81. The normalized spacial score (nSPS) is 26.6. The van der Waals surface area contributed by atoms with E-state index in [-0.39, 0.29) is 0 Å². The number of benzene rings is 1. The van der Waals surface area contributed by atoms with Crippen molar-refractivity contribution in [1.29, 1.82) is 0 Å². The summed E-state index contributed by atoms with van der Waals surface area (Å²) < 4.78 is 5.79. The zero-order valence-electron chi connectivity index (χ0n) is 8.60. The third kappa shape index (κ3) is 1.24. The molecule has 1 aliphatic heterocycles. The molecule has 2 radical (unpaired) electrons. The van der Waals surface area contributed by atoms with Crippen LogP contribution in [0.25, 0.3) is 0 Å². The monoisotopic (exact) mass is 194 g/mol. The van der Waals surface area contributed by atoms with Crippen molar-refractivity contribution in [3.05, 3.63) is 47.7 Å². The molecule has 0 saturated carbocycles. The molecule has 72 valence electrons. The Balaban J connectivity index is 2.15. The van der Waals surface area contributed by atoms with Crippen LogP contribution in [0.4, 0.5) is 0 Å². The van der Waals surface area contributed by atoms with Crippen LogP contribution < -0.4 is 10.2 Å². The first-order valence-corrected chi connectivity index (χ1v) is 5.21. The van der Waals surface area contributed by atoms with Gasteiger partial charge in [0.1, 0.15) is 19.4 Å². The summed E-state index contributed by atoms with van der Waals surface area (Å²) >= 11 is 0. The van der Waals surface area contributed by atoms with Crippen molar-refractivity contribution in [3.8, 4) is 5.75 Å². The molecule has 0 fully saturated rings. The summed E-state index contributed by atoms with van der Waals surface area (Å²) in [5.41, 5.74) is 2.03. The summed E-state index contributed by atoms with van der Waals surface area (Å²) in [4.78, 5) is 0. The van der Waals surface area contributed by atoms with Gasteiger partial charge in [0.15, 0.2) is 0 Å². The Hall–Kier alpha value is -1.44. The minimum absolute atomic E-state index is 0.355. The van der Waals surface area contributed by atoms with Crippen LogP contribution in [-0.2, 0) is 0 Å². The second-order valence-electron chi connectivity index (χ2n) is 4.19. The molecule has 2 unspecified atom stereocenters. The molecule has 0 spiro atoms. The fourth-order valence-corrected chi connectivity index (χ4v) is 2.36. The first-order chi connectivity index (χ1) is 7.25. The highest BCUT2D eigenvalue weighted by Gasteiger charge is 2.33. The quantitative estimate of drug-likeness (QED) is 0.574. The van der Waals surface area contributed by atoms with Crippen molar-refractivity contribution >= 4 is 13.3 Å². The Morgan fingerprint density at radius 2 is 2.20 bits per heavy atom.